The predicted molar refractivity (Wildman–Crippen MR) is 115 cm³/mol. The first-order valence-electron chi connectivity index (χ1n) is 9.68. The molecule has 0 spiro atoms. The lowest BCUT2D eigenvalue weighted by Crippen LogP contribution is -2.27. The number of hydrogen-bond acceptors (Lipinski definition) is 5. The summed E-state index contributed by atoms with van der Waals surface area (Å²) in [7, 11) is 3.06. The first-order chi connectivity index (χ1) is 15.1. The Labute approximate surface area is 178 Å². The lowest BCUT2D eigenvalue weighted by molar-refractivity contribution is 0.0952. The Balaban J connectivity index is 1.54. The number of nitrogens with one attached hydrogen (secondary N) is 1. The molecule has 158 valence electrons. The highest BCUT2D eigenvalue weighted by Crippen LogP contribution is 2.27. The molecule has 0 saturated heterocycles. The summed E-state index contributed by atoms with van der Waals surface area (Å²) >= 11 is 0. The number of hydrogen-bond donors (Lipinski definition) is 1. The lowest BCUT2D eigenvalue weighted by atomic mass is 10.2. The maximum atomic E-state index is 13.4. The van der Waals surface area contributed by atoms with Gasteiger partial charge in [0, 0.05) is 30.4 Å². The number of fused-ring (bicyclic) bond motifs is 1. The van der Waals surface area contributed by atoms with E-state index < -0.39 is 0 Å². The summed E-state index contributed by atoms with van der Waals surface area (Å²) in [5.41, 5.74) is 2.66. The Morgan fingerprint density at radius 2 is 1.84 bits per heavy atom. The third kappa shape index (κ3) is 4.18. The molecule has 4 rings (SSSR count). The Bertz CT molecular complexity index is 1220. The van der Waals surface area contributed by atoms with Gasteiger partial charge in [0.15, 0.2) is 17.1 Å². The van der Waals surface area contributed by atoms with E-state index in [-0.39, 0.29) is 11.7 Å². The molecule has 0 radical (unpaired) electrons. The summed E-state index contributed by atoms with van der Waals surface area (Å²) in [6.45, 7) is 0.794. The predicted octanol–water partition coefficient (Wildman–Crippen LogP) is 3.68. The smallest absolute Gasteiger partial charge is 0.251 e. The minimum atomic E-state index is -0.313. The number of aromatic nitrogens is 3. The van der Waals surface area contributed by atoms with E-state index in [1.807, 2.05) is 16.7 Å². The average Bonchev–Trinajstić information content (AvgIpc) is 3.17. The molecule has 0 aliphatic carbocycles. The van der Waals surface area contributed by atoms with Crippen LogP contribution in [0, 0.1) is 5.82 Å². The van der Waals surface area contributed by atoms with Gasteiger partial charge in [0.2, 0.25) is 0 Å². The quantitative estimate of drug-likeness (QED) is 0.493. The van der Waals surface area contributed by atoms with Gasteiger partial charge in [-0.25, -0.2) is 14.4 Å². The summed E-state index contributed by atoms with van der Waals surface area (Å²) in [4.78, 5) is 21.7. The van der Waals surface area contributed by atoms with E-state index in [0.29, 0.717) is 41.6 Å². The Hall–Kier alpha value is -3.94. The van der Waals surface area contributed by atoms with E-state index in [1.165, 1.54) is 19.2 Å². The number of methoxy groups -OCH3 is 2. The van der Waals surface area contributed by atoms with Gasteiger partial charge in [-0.2, -0.15) is 0 Å². The van der Waals surface area contributed by atoms with E-state index >= 15 is 0 Å². The Morgan fingerprint density at radius 1 is 1.06 bits per heavy atom. The number of ether oxygens (including phenoxy) is 2. The van der Waals surface area contributed by atoms with Gasteiger partial charge in [0.25, 0.3) is 5.91 Å². The lowest BCUT2D eigenvalue weighted by Gasteiger charge is -2.12. The van der Waals surface area contributed by atoms with Crippen molar-refractivity contribution in [2.45, 2.75) is 6.54 Å². The summed E-state index contributed by atoms with van der Waals surface area (Å²) in [6.07, 6.45) is 1.69. The molecule has 7 nitrogen and oxygen atoms in total. The van der Waals surface area contributed by atoms with E-state index in [0.717, 1.165) is 11.1 Å². The molecule has 0 bridgehead atoms. The van der Waals surface area contributed by atoms with E-state index in [2.05, 4.69) is 15.3 Å². The molecule has 0 aliphatic heterocycles. The van der Waals surface area contributed by atoms with Crippen LogP contribution in [-0.4, -0.2) is 41.2 Å². The number of rotatable bonds is 7. The molecule has 1 amide bonds. The summed E-state index contributed by atoms with van der Waals surface area (Å²) < 4.78 is 25.7. The fourth-order valence-corrected chi connectivity index (χ4v) is 3.35. The SMILES string of the molecule is COc1ccc(C(=O)NCCn2c(-c3ccc(F)cc3)nc3cccnc32)cc1OC. The third-order valence-corrected chi connectivity index (χ3v) is 4.87. The molecule has 0 fully saturated rings. The van der Waals surface area contributed by atoms with Crippen LogP contribution < -0.4 is 14.8 Å². The molecule has 2 aromatic carbocycles. The highest BCUT2D eigenvalue weighted by molar-refractivity contribution is 5.94. The van der Waals surface area contributed by atoms with E-state index in [9.17, 15) is 9.18 Å². The van der Waals surface area contributed by atoms with Crippen LogP contribution in [0.5, 0.6) is 11.5 Å². The number of halogens is 1. The summed E-state index contributed by atoms with van der Waals surface area (Å²) in [6, 6.07) is 14.8. The number of nitrogens with zero attached hydrogens (tertiary/aromatic N) is 3. The van der Waals surface area contributed by atoms with Gasteiger partial charge in [0.1, 0.15) is 17.2 Å². The van der Waals surface area contributed by atoms with Gasteiger partial charge in [-0.15, -0.1) is 0 Å². The topological polar surface area (TPSA) is 78.3 Å². The van der Waals surface area contributed by atoms with Gasteiger partial charge in [-0.1, -0.05) is 0 Å². The number of carbonyl (C=O) groups is 1. The van der Waals surface area contributed by atoms with Crippen LogP contribution in [-0.2, 0) is 6.54 Å². The molecule has 1 N–H and O–H groups in total. The van der Waals surface area contributed by atoms with Crippen molar-refractivity contribution < 1.29 is 18.7 Å². The maximum absolute atomic E-state index is 13.4. The first kappa shape index (κ1) is 20.3. The number of amides is 1. The van der Waals surface area contributed by atoms with Gasteiger partial charge >= 0.3 is 0 Å². The van der Waals surface area contributed by atoms with Crippen molar-refractivity contribution >= 4 is 17.1 Å². The molecule has 2 aromatic heterocycles. The maximum Gasteiger partial charge on any atom is 0.251 e. The van der Waals surface area contributed by atoms with Crippen molar-refractivity contribution in [1.29, 1.82) is 0 Å². The molecule has 0 unspecified atom stereocenters. The summed E-state index contributed by atoms with van der Waals surface area (Å²) in [5.74, 6) is 1.15. The van der Waals surface area contributed by atoms with Crippen LogP contribution >= 0.6 is 0 Å². The molecule has 0 aliphatic rings. The standard InChI is InChI=1S/C23H21FN4O3/c1-30-19-10-7-16(14-20(19)31-2)23(29)26-12-13-28-21(15-5-8-17(24)9-6-15)27-18-4-3-11-25-22(18)28/h3-11,14H,12-13H2,1-2H3,(H,26,29). The van der Waals surface area contributed by atoms with Crippen molar-refractivity contribution in [2.24, 2.45) is 0 Å². The molecule has 2 heterocycles. The molecule has 0 atom stereocenters. The third-order valence-electron chi connectivity index (χ3n) is 4.87. The van der Waals surface area contributed by atoms with Crippen LogP contribution in [0.25, 0.3) is 22.6 Å². The fraction of sp³-hybridized carbons (Fsp3) is 0.174. The zero-order valence-corrected chi connectivity index (χ0v) is 17.1. The number of pyridine rings is 1. The largest absolute Gasteiger partial charge is 0.493 e. The number of imidazole rings is 1. The van der Waals surface area contributed by atoms with Crippen molar-refractivity contribution in [3.63, 3.8) is 0 Å². The van der Waals surface area contributed by atoms with Crippen LogP contribution in [0.2, 0.25) is 0 Å². The minimum absolute atomic E-state index is 0.235. The van der Waals surface area contributed by atoms with Crippen LogP contribution in [0.4, 0.5) is 4.39 Å². The summed E-state index contributed by atoms with van der Waals surface area (Å²) in [5, 5.41) is 2.91. The monoisotopic (exact) mass is 420 g/mol. The van der Waals surface area contributed by atoms with Gasteiger partial charge in [-0.3, -0.25) is 4.79 Å². The molecule has 8 heteroatoms. The second kappa shape index (κ2) is 8.83. The fourth-order valence-electron chi connectivity index (χ4n) is 3.35. The van der Waals surface area contributed by atoms with Crippen molar-refractivity contribution in [2.75, 3.05) is 20.8 Å². The Kier molecular flexibility index (Phi) is 5.79. The van der Waals surface area contributed by atoms with E-state index in [1.54, 1.807) is 43.6 Å². The van der Waals surface area contributed by atoms with Crippen molar-refractivity contribution in [3.8, 4) is 22.9 Å². The molecular weight excluding hydrogens is 399 g/mol. The molecule has 31 heavy (non-hydrogen) atoms. The number of benzene rings is 2. The van der Waals surface area contributed by atoms with Crippen molar-refractivity contribution in [3.05, 3.63) is 72.2 Å². The average molecular weight is 420 g/mol. The van der Waals surface area contributed by atoms with Gasteiger partial charge in [-0.05, 0) is 54.6 Å². The first-order valence-corrected chi connectivity index (χ1v) is 9.68. The second-order valence-corrected chi connectivity index (χ2v) is 6.77. The molecule has 0 saturated carbocycles. The van der Waals surface area contributed by atoms with E-state index in [4.69, 9.17) is 9.47 Å². The molecule has 4 aromatic rings. The van der Waals surface area contributed by atoms with Gasteiger partial charge < -0.3 is 19.4 Å². The zero-order chi connectivity index (χ0) is 21.8. The van der Waals surface area contributed by atoms with Crippen molar-refractivity contribution in [1.82, 2.24) is 19.9 Å². The minimum Gasteiger partial charge on any atom is -0.493 e. The van der Waals surface area contributed by atoms with Crippen LogP contribution in [0.15, 0.2) is 60.8 Å². The zero-order valence-electron chi connectivity index (χ0n) is 17.1. The van der Waals surface area contributed by atoms with Gasteiger partial charge in [0.05, 0.1) is 14.2 Å². The second-order valence-electron chi connectivity index (χ2n) is 6.77. The molecular formula is C23H21FN4O3. The highest BCUT2D eigenvalue weighted by atomic mass is 19.1. The van der Waals surface area contributed by atoms with Crippen LogP contribution in [0.1, 0.15) is 10.4 Å². The number of carbonyl (C=O) groups excluding carboxylic acids is 1. The highest BCUT2D eigenvalue weighted by Gasteiger charge is 2.15. The Morgan fingerprint density at radius 3 is 2.58 bits per heavy atom. The normalized spacial score (nSPS) is 10.8. The van der Waals surface area contributed by atoms with Crippen LogP contribution in [0.3, 0.4) is 0 Å².